The zero-order chi connectivity index (χ0) is 14.8. The SMILES string of the molecule is CC(C1CC1)N(CC(=O)NCc1ccc(Cl)cc1)C1CC1. The van der Waals surface area contributed by atoms with Crippen molar-refractivity contribution in [2.24, 2.45) is 5.92 Å². The third-order valence-electron chi connectivity index (χ3n) is 4.57. The lowest BCUT2D eigenvalue weighted by Crippen LogP contribution is -2.43. The minimum atomic E-state index is 0.129. The quantitative estimate of drug-likeness (QED) is 0.839. The van der Waals surface area contributed by atoms with E-state index in [1.807, 2.05) is 24.3 Å². The number of halogens is 1. The van der Waals surface area contributed by atoms with E-state index in [0.717, 1.165) is 16.5 Å². The Labute approximate surface area is 131 Å². The van der Waals surface area contributed by atoms with Crippen molar-refractivity contribution in [2.75, 3.05) is 6.54 Å². The van der Waals surface area contributed by atoms with Crippen molar-refractivity contribution in [1.82, 2.24) is 10.2 Å². The van der Waals surface area contributed by atoms with E-state index in [4.69, 9.17) is 11.6 Å². The van der Waals surface area contributed by atoms with Crippen LogP contribution in [0.3, 0.4) is 0 Å². The number of hydrogen-bond donors (Lipinski definition) is 1. The number of benzene rings is 1. The molecule has 0 aliphatic heterocycles. The highest BCUT2D eigenvalue weighted by Gasteiger charge is 2.39. The maximum Gasteiger partial charge on any atom is 0.234 e. The Morgan fingerprint density at radius 2 is 1.95 bits per heavy atom. The minimum Gasteiger partial charge on any atom is -0.351 e. The van der Waals surface area contributed by atoms with E-state index in [2.05, 4.69) is 17.1 Å². The van der Waals surface area contributed by atoms with Crippen LogP contribution in [-0.4, -0.2) is 29.4 Å². The standard InChI is InChI=1S/C17H23ClN2O/c1-12(14-4-5-14)20(16-8-9-16)11-17(21)19-10-13-2-6-15(18)7-3-13/h2-3,6-7,12,14,16H,4-5,8-11H2,1H3,(H,19,21). The molecule has 3 rings (SSSR count). The van der Waals surface area contributed by atoms with Crippen LogP contribution in [0.5, 0.6) is 0 Å². The van der Waals surface area contributed by atoms with Crippen LogP contribution in [-0.2, 0) is 11.3 Å². The molecule has 1 atom stereocenters. The molecular weight excluding hydrogens is 284 g/mol. The molecule has 0 radical (unpaired) electrons. The number of amides is 1. The molecule has 114 valence electrons. The van der Waals surface area contributed by atoms with Crippen LogP contribution in [0.15, 0.2) is 24.3 Å². The van der Waals surface area contributed by atoms with Crippen molar-refractivity contribution in [3.05, 3.63) is 34.9 Å². The van der Waals surface area contributed by atoms with E-state index in [-0.39, 0.29) is 5.91 Å². The molecule has 2 fully saturated rings. The van der Waals surface area contributed by atoms with Crippen LogP contribution in [0, 0.1) is 5.92 Å². The summed E-state index contributed by atoms with van der Waals surface area (Å²) >= 11 is 5.86. The third kappa shape index (κ3) is 4.21. The first-order valence-electron chi connectivity index (χ1n) is 7.90. The molecule has 0 bridgehead atoms. The highest BCUT2D eigenvalue weighted by molar-refractivity contribution is 6.30. The first-order chi connectivity index (χ1) is 10.1. The second-order valence-corrected chi connectivity index (χ2v) is 6.82. The van der Waals surface area contributed by atoms with Crippen LogP contribution in [0.2, 0.25) is 5.02 Å². The smallest absolute Gasteiger partial charge is 0.234 e. The first-order valence-corrected chi connectivity index (χ1v) is 8.28. The monoisotopic (exact) mass is 306 g/mol. The summed E-state index contributed by atoms with van der Waals surface area (Å²) in [6, 6.07) is 8.81. The Morgan fingerprint density at radius 1 is 1.29 bits per heavy atom. The van der Waals surface area contributed by atoms with Crippen LogP contribution >= 0.6 is 11.6 Å². The molecule has 2 aliphatic carbocycles. The predicted octanol–water partition coefficient (Wildman–Crippen LogP) is 3.22. The zero-order valence-electron chi connectivity index (χ0n) is 12.5. The van der Waals surface area contributed by atoms with E-state index >= 15 is 0 Å². The van der Waals surface area contributed by atoms with Crippen molar-refractivity contribution >= 4 is 17.5 Å². The molecule has 0 heterocycles. The Kier molecular flexibility index (Phi) is 4.51. The summed E-state index contributed by atoms with van der Waals surface area (Å²) in [5.41, 5.74) is 1.08. The second kappa shape index (κ2) is 6.37. The fourth-order valence-electron chi connectivity index (χ4n) is 2.89. The van der Waals surface area contributed by atoms with Gasteiger partial charge in [0.15, 0.2) is 0 Å². The maximum atomic E-state index is 12.2. The van der Waals surface area contributed by atoms with E-state index in [1.54, 1.807) is 0 Å². The number of carbonyl (C=O) groups is 1. The summed E-state index contributed by atoms with van der Waals surface area (Å²) in [5.74, 6) is 0.944. The molecular formula is C17H23ClN2O. The van der Waals surface area contributed by atoms with Gasteiger partial charge in [-0.3, -0.25) is 9.69 Å². The van der Waals surface area contributed by atoms with Crippen LogP contribution in [0.4, 0.5) is 0 Å². The van der Waals surface area contributed by atoms with Gasteiger partial charge in [0.25, 0.3) is 0 Å². The molecule has 1 aromatic carbocycles. The lowest BCUT2D eigenvalue weighted by Gasteiger charge is -2.28. The van der Waals surface area contributed by atoms with E-state index in [9.17, 15) is 4.79 Å². The van der Waals surface area contributed by atoms with Gasteiger partial charge in [0.05, 0.1) is 6.54 Å². The molecule has 1 amide bonds. The lowest BCUT2D eigenvalue weighted by atomic mass is 10.1. The summed E-state index contributed by atoms with van der Waals surface area (Å²) in [6.07, 6.45) is 5.16. The Balaban J connectivity index is 1.49. The van der Waals surface area contributed by atoms with Crippen molar-refractivity contribution in [1.29, 1.82) is 0 Å². The molecule has 2 saturated carbocycles. The molecule has 0 aromatic heterocycles. The van der Waals surface area contributed by atoms with Gasteiger partial charge < -0.3 is 5.32 Å². The first kappa shape index (κ1) is 14.9. The highest BCUT2D eigenvalue weighted by atomic mass is 35.5. The molecule has 1 unspecified atom stereocenters. The van der Waals surface area contributed by atoms with Crippen LogP contribution in [0.25, 0.3) is 0 Å². The molecule has 4 heteroatoms. The Bertz CT molecular complexity index is 494. The predicted molar refractivity (Wildman–Crippen MR) is 85.2 cm³/mol. The third-order valence-corrected chi connectivity index (χ3v) is 4.82. The van der Waals surface area contributed by atoms with Crippen molar-refractivity contribution in [3.63, 3.8) is 0 Å². The molecule has 21 heavy (non-hydrogen) atoms. The minimum absolute atomic E-state index is 0.129. The number of hydrogen-bond acceptors (Lipinski definition) is 2. The fourth-order valence-corrected chi connectivity index (χ4v) is 3.01. The molecule has 1 N–H and O–H groups in total. The highest BCUT2D eigenvalue weighted by Crippen LogP contribution is 2.39. The van der Waals surface area contributed by atoms with Gasteiger partial charge in [-0.15, -0.1) is 0 Å². The second-order valence-electron chi connectivity index (χ2n) is 6.38. The summed E-state index contributed by atoms with van der Waals surface area (Å²) in [5, 5.41) is 3.75. The topological polar surface area (TPSA) is 32.3 Å². The summed E-state index contributed by atoms with van der Waals surface area (Å²) in [4.78, 5) is 14.6. The van der Waals surface area contributed by atoms with Gasteiger partial charge in [0.2, 0.25) is 5.91 Å². The largest absolute Gasteiger partial charge is 0.351 e. The zero-order valence-corrected chi connectivity index (χ0v) is 13.3. The molecule has 3 nitrogen and oxygen atoms in total. The van der Waals surface area contributed by atoms with E-state index in [1.165, 1.54) is 25.7 Å². The van der Waals surface area contributed by atoms with Gasteiger partial charge in [0, 0.05) is 23.7 Å². The number of carbonyl (C=O) groups excluding carboxylic acids is 1. The normalized spacial score (nSPS) is 19.6. The Hall–Kier alpha value is -1.06. The van der Waals surface area contributed by atoms with E-state index in [0.29, 0.717) is 25.2 Å². The molecule has 0 saturated heterocycles. The number of nitrogens with zero attached hydrogens (tertiary/aromatic N) is 1. The van der Waals surface area contributed by atoms with Crippen LogP contribution < -0.4 is 5.32 Å². The van der Waals surface area contributed by atoms with Crippen molar-refractivity contribution < 1.29 is 4.79 Å². The van der Waals surface area contributed by atoms with Gasteiger partial charge >= 0.3 is 0 Å². The van der Waals surface area contributed by atoms with Gasteiger partial charge in [-0.05, 0) is 56.2 Å². The average molecular weight is 307 g/mol. The van der Waals surface area contributed by atoms with Crippen molar-refractivity contribution in [2.45, 2.75) is 51.2 Å². The summed E-state index contributed by atoms with van der Waals surface area (Å²) in [6.45, 7) is 3.39. The number of rotatable bonds is 7. The molecule has 2 aliphatic rings. The number of nitrogens with one attached hydrogen (secondary N) is 1. The summed E-state index contributed by atoms with van der Waals surface area (Å²) in [7, 11) is 0. The van der Waals surface area contributed by atoms with E-state index < -0.39 is 0 Å². The molecule has 1 aromatic rings. The average Bonchev–Trinajstić information content (AvgIpc) is 3.36. The van der Waals surface area contributed by atoms with Crippen molar-refractivity contribution in [3.8, 4) is 0 Å². The fraction of sp³-hybridized carbons (Fsp3) is 0.588. The van der Waals surface area contributed by atoms with Gasteiger partial charge in [-0.25, -0.2) is 0 Å². The van der Waals surface area contributed by atoms with Gasteiger partial charge in [-0.2, -0.15) is 0 Å². The summed E-state index contributed by atoms with van der Waals surface area (Å²) < 4.78 is 0. The van der Waals surface area contributed by atoms with Crippen LogP contribution in [0.1, 0.15) is 38.2 Å². The Morgan fingerprint density at radius 3 is 2.52 bits per heavy atom. The van der Waals surface area contributed by atoms with Gasteiger partial charge in [0.1, 0.15) is 0 Å². The molecule has 0 spiro atoms. The lowest BCUT2D eigenvalue weighted by molar-refractivity contribution is -0.123. The maximum absolute atomic E-state index is 12.2. The van der Waals surface area contributed by atoms with Gasteiger partial charge in [-0.1, -0.05) is 23.7 Å².